The topological polar surface area (TPSA) is 37.3 Å². The van der Waals surface area contributed by atoms with Gasteiger partial charge in [-0.05, 0) is 41.3 Å². The van der Waals surface area contributed by atoms with Gasteiger partial charge in [0, 0.05) is 18.4 Å². The first-order chi connectivity index (χ1) is 11.4. The molecule has 124 valence electrons. The molecule has 0 amide bonds. The molecule has 1 aliphatic carbocycles. The van der Waals surface area contributed by atoms with Crippen molar-refractivity contribution in [3.8, 4) is 11.1 Å². The second-order valence-corrected chi connectivity index (χ2v) is 6.10. The van der Waals surface area contributed by atoms with Crippen LogP contribution in [0.2, 0.25) is 5.02 Å². The first-order valence-corrected chi connectivity index (χ1v) is 8.04. The second kappa shape index (κ2) is 6.36. The number of Topliss-reactive ketones (excluding diaryl/α,β-unsaturated/α-hetero) is 1. The van der Waals surface area contributed by atoms with E-state index in [-0.39, 0.29) is 34.1 Å². The van der Waals surface area contributed by atoms with Gasteiger partial charge >= 0.3 is 0 Å². The fraction of sp³-hybridized carbons (Fsp3) is 0.211. The molecule has 0 aliphatic heterocycles. The Kier molecular flexibility index (Phi) is 4.41. The van der Waals surface area contributed by atoms with E-state index < -0.39 is 11.6 Å². The maximum Gasteiger partial charge on any atom is 0.178 e. The molecule has 0 fully saturated rings. The molecule has 1 aliphatic rings. The number of hydrogen-bond donors (Lipinski definition) is 1. The molecule has 0 aromatic heterocycles. The standard InChI is InChI=1S/C19H15ClF2O2/c1-2-10-3-4-11(12-5-6-14(20)19(22)18(12)21)9-13(10)17-15(23)7-8-16(17)24/h3-6,9,23H,2,7-8H2,1H3. The number of hydrogen-bond acceptors (Lipinski definition) is 2. The van der Waals surface area contributed by atoms with Gasteiger partial charge < -0.3 is 5.11 Å². The van der Waals surface area contributed by atoms with Gasteiger partial charge in [-0.25, -0.2) is 8.78 Å². The summed E-state index contributed by atoms with van der Waals surface area (Å²) in [6.45, 7) is 1.93. The zero-order valence-electron chi connectivity index (χ0n) is 13.0. The van der Waals surface area contributed by atoms with Crippen molar-refractivity contribution in [3.63, 3.8) is 0 Å². The predicted octanol–water partition coefficient (Wildman–Crippen LogP) is 5.48. The molecule has 1 N–H and O–H groups in total. The van der Waals surface area contributed by atoms with E-state index in [4.69, 9.17) is 11.6 Å². The number of aryl methyl sites for hydroxylation is 1. The molecular weight excluding hydrogens is 334 g/mol. The lowest BCUT2D eigenvalue weighted by atomic mass is 9.92. The number of halogens is 3. The number of allylic oxidation sites excluding steroid dienone is 2. The summed E-state index contributed by atoms with van der Waals surface area (Å²) in [4.78, 5) is 12.1. The predicted molar refractivity (Wildman–Crippen MR) is 90.0 cm³/mol. The summed E-state index contributed by atoms with van der Waals surface area (Å²) in [5.41, 5.74) is 2.21. The van der Waals surface area contributed by atoms with Crippen LogP contribution in [-0.2, 0) is 11.2 Å². The van der Waals surface area contributed by atoms with E-state index in [1.54, 1.807) is 18.2 Å². The molecule has 0 unspecified atom stereocenters. The van der Waals surface area contributed by atoms with E-state index in [9.17, 15) is 18.7 Å². The molecule has 3 rings (SSSR count). The van der Waals surface area contributed by atoms with E-state index in [0.29, 0.717) is 24.0 Å². The fourth-order valence-electron chi connectivity index (χ4n) is 2.98. The highest BCUT2D eigenvalue weighted by Gasteiger charge is 2.26. The van der Waals surface area contributed by atoms with Gasteiger partial charge in [0.15, 0.2) is 17.4 Å². The summed E-state index contributed by atoms with van der Waals surface area (Å²) in [5, 5.41) is 9.75. The lowest BCUT2D eigenvalue weighted by Crippen LogP contribution is -2.01. The van der Waals surface area contributed by atoms with E-state index in [1.165, 1.54) is 12.1 Å². The fourth-order valence-corrected chi connectivity index (χ4v) is 3.13. The summed E-state index contributed by atoms with van der Waals surface area (Å²) < 4.78 is 27.9. The molecule has 0 bridgehead atoms. The SMILES string of the molecule is CCc1ccc(-c2ccc(Cl)c(F)c2F)cc1C1=C(O)CCC1=O. The van der Waals surface area contributed by atoms with Gasteiger partial charge in [-0.1, -0.05) is 30.7 Å². The molecule has 2 aromatic carbocycles. The number of benzene rings is 2. The van der Waals surface area contributed by atoms with Crippen LogP contribution >= 0.6 is 11.6 Å². The molecule has 2 aromatic rings. The van der Waals surface area contributed by atoms with Crippen LogP contribution in [0.25, 0.3) is 16.7 Å². The van der Waals surface area contributed by atoms with Crippen molar-refractivity contribution in [3.05, 3.63) is 63.9 Å². The monoisotopic (exact) mass is 348 g/mol. The minimum atomic E-state index is -1.10. The normalized spacial score (nSPS) is 14.6. The van der Waals surface area contributed by atoms with Gasteiger partial charge in [-0.2, -0.15) is 0 Å². The van der Waals surface area contributed by atoms with E-state index in [1.807, 2.05) is 6.92 Å². The molecule has 5 heteroatoms. The van der Waals surface area contributed by atoms with Crippen molar-refractivity contribution >= 4 is 23.0 Å². The van der Waals surface area contributed by atoms with E-state index in [0.717, 1.165) is 5.56 Å². The van der Waals surface area contributed by atoms with Gasteiger partial charge in [-0.15, -0.1) is 0 Å². The third kappa shape index (κ3) is 2.71. The van der Waals surface area contributed by atoms with Crippen LogP contribution in [0.1, 0.15) is 30.9 Å². The zero-order chi connectivity index (χ0) is 17.4. The summed E-state index contributed by atoms with van der Waals surface area (Å²) in [6.07, 6.45) is 1.22. The molecule has 24 heavy (non-hydrogen) atoms. The van der Waals surface area contributed by atoms with Crippen LogP contribution in [-0.4, -0.2) is 10.9 Å². The lowest BCUT2D eigenvalue weighted by molar-refractivity contribution is -0.113. The Morgan fingerprint density at radius 1 is 1.08 bits per heavy atom. The molecule has 2 nitrogen and oxygen atoms in total. The number of aliphatic hydroxyl groups excluding tert-OH is 1. The van der Waals surface area contributed by atoms with Crippen molar-refractivity contribution in [2.24, 2.45) is 0 Å². The molecule has 0 heterocycles. The number of aliphatic hydroxyl groups is 1. The Labute approximate surface area is 143 Å². The van der Waals surface area contributed by atoms with Crippen molar-refractivity contribution in [1.82, 2.24) is 0 Å². The maximum atomic E-state index is 14.2. The van der Waals surface area contributed by atoms with Crippen LogP contribution in [0.5, 0.6) is 0 Å². The third-order valence-electron chi connectivity index (χ3n) is 4.26. The maximum absolute atomic E-state index is 14.2. The van der Waals surface area contributed by atoms with Crippen molar-refractivity contribution in [2.75, 3.05) is 0 Å². The Hall–Kier alpha value is -2.20. The Morgan fingerprint density at radius 3 is 2.46 bits per heavy atom. The van der Waals surface area contributed by atoms with Crippen molar-refractivity contribution in [1.29, 1.82) is 0 Å². The average Bonchev–Trinajstić information content (AvgIpc) is 2.91. The Morgan fingerprint density at radius 2 is 1.83 bits per heavy atom. The summed E-state index contributed by atoms with van der Waals surface area (Å²) in [7, 11) is 0. The molecule has 0 saturated carbocycles. The summed E-state index contributed by atoms with van der Waals surface area (Å²) in [5.74, 6) is -2.22. The number of rotatable bonds is 3. The molecule has 0 saturated heterocycles. The Balaban J connectivity index is 2.20. The van der Waals surface area contributed by atoms with E-state index >= 15 is 0 Å². The summed E-state index contributed by atoms with van der Waals surface area (Å²) >= 11 is 5.59. The molecular formula is C19H15ClF2O2. The number of carbonyl (C=O) groups excluding carboxylic acids is 1. The van der Waals surface area contributed by atoms with E-state index in [2.05, 4.69) is 0 Å². The van der Waals surface area contributed by atoms with Crippen LogP contribution in [0.15, 0.2) is 36.1 Å². The molecule has 0 atom stereocenters. The minimum absolute atomic E-state index is 0.0506. The van der Waals surface area contributed by atoms with Crippen molar-refractivity contribution in [2.45, 2.75) is 26.2 Å². The minimum Gasteiger partial charge on any atom is -0.512 e. The third-order valence-corrected chi connectivity index (χ3v) is 4.55. The van der Waals surface area contributed by atoms with Crippen LogP contribution in [0, 0.1) is 11.6 Å². The Bertz CT molecular complexity index is 872. The number of carbonyl (C=O) groups is 1. The van der Waals surface area contributed by atoms with Crippen LogP contribution < -0.4 is 0 Å². The highest BCUT2D eigenvalue weighted by molar-refractivity contribution is 6.30. The second-order valence-electron chi connectivity index (χ2n) is 5.69. The average molecular weight is 349 g/mol. The largest absolute Gasteiger partial charge is 0.512 e. The van der Waals surface area contributed by atoms with Gasteiger partial charge in [-0.3, -0.25) is 4.79 Å². The molecule has 0 spiro atoms. The highest BCUT2D eigenvalue weighted by Crippen LogP contribution is 2.36. The van der Waals surface area contributed by atoms with Crippen molar-refractivity contribution < 1.29 is 18.7 Å². The smallest absolute Gasteiger partial charge is 0.178 e. The van der Waals surface area contributed by atoms with Gasteiger partial charge in [0.1, 0.15) is 5.76 Å². The quantitative estimate of drug-likeness (QED) is 0.746. The first-order valence-electron chi connectivity index (χ1n) is 7.66. The van der Waals surface area contributed by atoms with Crippen LogP contribution in [0.3, 0.4) is 0 Å². The zero-order valence-corrected chi connectivity index (χ0v) is 13.8. The number of ketones is 1. The lowest BCUT2D eigenvalue weighted by Gasteiger charge is -2.13. The van der Waals surface area contributed by atoms with Gasteiger partial charge in [0.25, 0.3) is 0 Å². The molecule has 0 radical (unpaired) electrons. The first kappa shape index (κ1) is 16.7. The highest BCUT2D eigenvalue weighted by atomic mass is 35.5. The van der Waals surface area contributed by atoms with Gasteiger partial charge in [0.05, 0.1) is 10.6 Å². The summed E-state index contributed by atoms with van der Waals surface area (Å²) in [6, 6.07) is 7.75. The van der Waals surface area contributed by atoms with Crippen LogP contribution in [0.4, 0.5) is 8.78 Å². The van der Waals surface area contributed by atoms with Gasteiger partial charge in [0.2, 0.25) is 0 Å².